The molecule has 1 aliphatic carbocycles. The van der Waals surface area contributed by atoms with E-state index in [2.05, 4.69) is 43.0 Å². The van der Waals surface area contributed by atoms with E-state index in [0.29, 0.717) is 0 Å². The molecule has 1 aliphatic rings. The Labute approximate surface area is 121 Å². The standard InChI is InChI=1S/C18H24N2/c1-3-20(4-2)18-14-10-6-5-7-12-16(14)19-17-13-9-8-11-15(17)18/h8-9,11,13H,3-7,10,12H2,1-2H3. The molecule has 1 heterocycles. The Bertz CT molecular complexity index is 600. The van der Waals surface area contributed by atoms with Crippen molar-refractivity contribution < 1.29 is 0 Å². The first-order valence-electron chi connectivity index (χ1n) is 8.00. The number of rotatable bonds is 3. The van der Waals surface area contributed by atoms with Crippen molar-refractivity contribution in [3.63, 3.8) is 0 Å². The van der Waals surface area contributed by atoms with Crippen LogP contribution in [0.1, 0.15) is 44.4 Å². The van der Waals surface area contributed by atoms with Gasteiger partial charge in [0.05, 0.1) is 11.2 Å². The maximum Gasteiger partial charge on any atom is 0.0726 e. The molecule has 0 bridgehead atoms. The number of hydrogen-bond acceptors (Lipinski definition) is 2. The SMILES string of the molecule is CCN(CC)c1c2c(nc3ccccc13)CCCCC2. The second-order valence-electron chi connectivity index (χ2n) is 5.64. The predicted octanol–water partition coefficient (Wildman–Crippen LogP) is 4.35. The van der Waals surface area contributed by atoms with Gasteiger partial charge in [-0.2, -0.15) is 0 Å². The third-order valence-corrected chi connectivity index (χ3v) is 4.47. The van der Waals surface area contributed by atoms with Gasteiger partial charge in [-0.3, -0.25) is 4.98 Å². The van der Waals surface area contributed by atoms with Gasteiger partial charge in [0.2, 0.25) is 0 Å². The highest BCUT2D eigenvalue weighted by molar-refractivity contribution is 5.94. The van der Waals surface area contributed by atoms with Crippen molar-refractivity contribution in [3.05, 3.63) is 35.5 Å². The molecule has 0 amide bonds. The average Bonchev–Trinajstić information content (AvgIpc) is 2.72. The number of para-hydroxylation sites is 1. The Hall–Kier alpha value is -1.57. The molecule has 0 fully saturated rings. The fraction of sp³-hybridized carbons (Fsp3) is 0.500. The van der Waals surface area contributed by atoms with E-state index in [4.69, 9.17) is 4.98 Å². The van der Waals surface area contributed by atoms with Gasteiger partial charge in [-0.05, 0) is 51.2 Å². The van der Waals surface area contributed by atoms with Crippen LogP contribution in [0.4, 0.5) is 5.69 Å². The Kier molecular flexibility index (Phi) is 3.90. The number of benzene rings is 1. The fourth-order valence-corrected chi connectivity index (χ4v) is 3.43. The second kappa shape index (κ2) is 5.82. The van der Waals surface area contributed by atoms with E-state index in [0.717, 1.165) is 25.0 Å². The van der Waals surface area contributed by atoms with Gasteiger partial charge >= 0.3 is 0 Å². The van der Waals surface area contributed by atoms with E-state index in [1.807, 2.05) is 0 Å². The van der Waals surface area contributed by atoms with Crippen LogP contribution in [0.2, 0.25) is 0 Å². The maximum absolute atomic E-state index is 4.96. The summed E-state index contributed by atoms with van der Waals surface area (Å²) in [5.41, 5.74) is 5.49. The van der Waals surface area contributed by atoms with Crippen LogP contribution in [0.15, 0.2) is 24.3 Å². The van der Waals surface area contributed by atoms with Gasteiger partial charge in [0.15, 0.2) is 0 Å². The van der Waals surface area contributed by atoms with E-state index in [1.54, 1.807) is 0 Å². The molecule has 0 radical (unpaired) electrons. The molecule has 1 aromatic carbocycles. The molecule has 0 saturated carbocycles. The van der Waals surface area contributed by atoms with Crippen molar-refractivity contribution in [1.82, 2.24) is 4.98 Å². The largest absolute Gasteiger partial charge is 0.371 e. The number of aryl methyl sites for hydroxylation is 1. The zero-order valence-electron chi connectivity index (χ0n) is 12.7. The van der Waals surface area contributed by atoms with Crippen molar-refractivity contribution in [3.8, 4) is 0 Å². The number of nitrogens with zero attached hydrogens (tertiary/aromatic N) is 2. The third-order valence-electron chi connectivity index (χ3n) is 4.47. The van der Waals surface area contributed by atoms with Crippen LogP contribution in [-0.2, 0) is 12.8 Å². The normalized spacial score (nSPS) is 14.9. The lowest BCUT2D eigenvalue weighted by molar-refractivity contribution is 0.708. The van der Waals surface area contributed by atoms with Crippen LogP contribution in [-0.4, -0.2) is 18.1 Å². The minimum Gasteiger partial charge on any atom is -0.371 e. The van der Waals surface area contributed by atoms with Gasteiger partial charge in [0.25, 0.3) is 0 Å². The minimum atomic E-state index is 1.07. The summed E-state index contributed by atoms with van der Waals surface area (Å²) >= 11 is 0. The fourth-order valence-electron chi connectivity index (χ4n) is 3.43. The average molecular weight is 268 g/mol. The van der Waals surface area contributed by atoms with Crippen LogP contribution in [0.5, 0.6) is 0 Å². The molecular formula is C18H24N2. The van der Waals surface area contributed by atoms with Crippen LogP contribution in [0, 0.1) is 0 Å². The summed E-state index contributed by atoms with van der Waals surface area (Å²) in [5.74, 6) is 0. The number of anilines is 1. The molecule has 0 atom stereocenters. The van der Waals surface area contributed by atoms with Gasteiger partial charge in [0, 0.05) is 24.2 Å². The van der Waals surface area contributed by atoms with E-state index in [-0.39, 0.29) is 0 Å². The van der Waals surface area contributed by atoms with Crippen molar-refractivity contribution in [2.45, 2.75) is 46.0 Å². The van der Waals surface area contributed by atoms with Crippen molar-refractivity contribution in [2.75, 3.05) is 18.0 Å². The molecule has 0 aliphatic heterocycles. The first-order valence-corrected chi connectivity index (χ1v) is 8.00. The summed E-state index contributed by atoms with van der Waals surface area (Å²) in [6.07, 6.45) is 6.27. The lowest BCUT2D eigenvalue weighted by Gasteiger charge is -2.27. The molecule has 20 heavy (non-hydrogen) atoms. The van der Waals surface area contributed by atoms with Gasteiger partial charge in [-0.15, -0.1) is 0 Å². The predicted molar refractivity (Wildman–Crippen MR) is 86.6 cm³/mol. The Morgan fingerprint density at radius 2 is 1.75 bits per heavy atom. The van der Waals surface area contributed by atoms with Crippen LogP contribution < -0.4 is 4.90 Å². The van der Waals surface area contributed by atoms with E-state index in [9.17, 15) is 0 Å². The summed E-state index contributed by atoms with van der Waals surface area (Å²) in [5, 5.41) is 1.33. The quantitative estimate of drug-likeness (QED) is 0.769. The lowest BCUT2D eigenvalue weighted by atomic mass is 10.0. The van der Waals surface area contributed by atoms with Gasteiger partial charge in [-0.25, -0.2) is 0 Å². The van der Waals surface area contributed by atoms with Gasteiger partial charge in [0.1, 0.15) is 0 Å². The maximum atomic E-state index is 4.96. The molecule has 0 unspecified atom stereocenters. The molecule has 106 valence electrons. The zero-order chi connectivity index (χ0) is 13.9. The Morgan fingerprint density at radius 3 is 2.55 bits per heavy atom. The van der Waals surface area contributed by atoms with Crippen molar-refractivity contribution >= 4 is 16.6 Å². The van der Waals surface area contributed by atoms with Gasteiger partial charge in [-0.1, -0.05) is 24.6 Å². The summed E-state index contributed by atoms with van der Waals surface area (Å²) in [4.78, 5) is 7.47. The highest BCUT2D eigenvalue weighted by Crippen LogP contribution is 2.35. The van der Waals surface area contributed by atoms with E-state index < -0.39 is 0 Å². The van der Waals surface area contributed by atoms with Crippen molar-refractivity contribution in [2.24, 2.45) is 0 Å². The number of fused-ring (bicyclic) bond motifs is 2. The molecule has 0 N–H and O–H groups in total. The topological polar surface area (TPSA) is 16.1 Å². The van der Waals surface area contributed by atoms with Crippen molar-refractivity contribution in [1.29, 1.82) is 0 Å². The Balaban J connectivity index is 2.28. The van der Waals surface area contributed by atoms with E-state index in [1.165, 1.54) is 48.0 Å². The molecule has 2 aromatic rings. The molecule has 1 aromatic heterocycles. The van der Waals surface area contributed by atoms with Crippen LogP contribution in [0.3, 0.4) is 0 Å². The molecule has 2 heteroatoms. The summed E-state index contributed by atoms with van der Waals surface area (Å²) in [7, 11) is 0. The zero-order valence-corrected chi connectivity index (χ0v) is 12.7. The van der Waals surface area contributed by atoms with Crippen LogP contribution >= 0.6 is 0 Å². The Morgan fingerprint density at radius 1 is 1.00 bits per heavy atom. The molecule has 0 spiro atoms. The highest BCUT2D eigenvalue weighted by atomic mass is 15.1. The molecule has 2 nitrogen and oxygen atoms in total. The number of pyridine rings is 1. The molecular weight excluding hydrogens is 244 g/mol. The minimum absolute atomic E-state index is 1.07. The first kappa shape index (κ1) is 13.4. The monoisotopic (exact) mass is 268 g/mol. The molecule has 3 rings (SSSR count). The summed E-state index contributed by atoms with van der Waals surface area (Å²) in [6.45, 7) is 6.64. The lowest BCUT2D eigenvalue weighted by Crippen LogP contribution is -2.24. The molecule has 0 saturated heterocycles. The third kappa shape index (κ3) is 2.28. The second-order valence-corrected chi connectivity index (χ2v) is 5.64. The summed E-state index contributed by atoms with van der Waals surface area (Å²) in [6, 6.07) is 8.64. The van der Waals surface area contributed by atoms with E-state index >= 15 is 0 Å². The number of hydrogen-bond donors (Lipinski definition) is 0. The van der Waals surface area contributed by atoms with Crippen LogP contribution in [0.25, 0.3) is 10.9 Å². The van der Waals surface area contributed by atoms with Gasteiger partial charge < -0.3 is 4.90 Å². The highest BCUT2D eigenvalue weighted by Gasteiger charge is 2.19. The summed E-state index contributed by atoms with van der Waals surface area (Å²) < 4.78 is 0. The smallest absolute Gasteiger partial charge is 0.0726 e. The first-order chi connectivity index (χ1) is 9.85. The number of aromatic nitrogens is 1.